The van der Waals surface area contributed by atoms with E-state index < -0.39 is 0 Å². The molecule has 31 heavy (non-hydrogen) atoms. The number of hydrogen-bond acceptors (Lipinski definition) is 4. The minimum atomic E-state index is 0. The Balaban J connectivity index is 0.00000171. The summed E-state index contributed by atoms with van der Waals surface area (Å²) in [5.41, 5.74) is 4.60. The fourth-order valence-corrected chi connectivity index (χ4v) is 5.06. The van der Waals surface area contributed by atoms with E-state index in [4.69, 9.17) is 4.74 Å². The van der Waals surface area contributed by atoms with E-state index in [-0.39, 0.29) is 37.0 Å². The van der Waals surface area contributed by atoms with E-state index in [1.165, 1.54) is 5.56 Å². The second kappa shape index (κ2) is 11.5. The van der Waals surface area contributed by atoms with Crippen LogP contribution in [0.3, 0.4) is 0 Å². The maximum absolute atomic E-state index is 10.7. The van der Waals surface area contributed by atoms with Crippen LogP contribution in [0.4, 0.5) is 0 Å². The minimum Gasteiger partial charge on any atom is -0.507 e. The third-order valence-electron chi connectivity index (χ3n) is 6.93. The highest BCUT2D eigenvalue weighted by atomic mass is 35.5. The molecule has 2 aromatic rings. The summed E-state index contributed by atoms with van der Waals surface area (Å²) in [6.07, 6.45) is 3.32. The third kappa shape index (κ3) is 5.55. The molecule has 0 spiro atoms. The third-order valence-corrected chi connectivity index (χ3v) is 6.93. The minimum absolute atomic E-state index is 0. The van der Waals surface area contributed by atoms with Gasteiger partial charge in [-0.15, -0.1) is 24.8 Å². The van der Waals surface area contributed by atoms with E-state index in [1.807, 2.05) is 20.0 Å². The lowest BCUT2D eigenvalue weighted by molar-refractivity contribution is -0.0689. The standard InChI is InChI=1S/C25H34N2O2.2ClH/c1-17-9-10-21-22(25(17)28)15-23(29-24(21)16-26-3)20-11-13-27(14-12-20)18(2)19-7-5-4-6-8-19;;/h4-10,18,20,23-24,26,28H,11-16H2,1-3H3;2*1H/t18?,23-,24-;;/m0../s1. The molecule has 4 rings (SSSR count). The number of fused-ring (bicyclic) bond motifs is 1. The van der Waals surface area contributed by atoms with Gasteiger partial charge in [-0.25, -0.2) is 0 Å². The summed E-state index contributed by atoms with van der Waals surface area (Å²) in [7, 11) is 1.96. The normalized spacial score (nSPS) is 22.7. The number of hydrogen-bond donors (Lipinski definition) is 2. The molecule has 2 heterocycles. The lowest BCUT2D eigenvalue weighted by Crippen LogP contribution is -2.43. The topological polar surface area (TPSA) is 44.7 Å². The monoisotopic (exact) mass is 466 g/mol. The number of likely N-dealkylation sites (N-methyl/N-ethyl adjacent to an activating group) is 1. The molecule has 0 bridgehead atoms. The number of ether oxygens (including phenoxy) is 1. The molecule has 3 atom stereocenters. The number of piperidine rings is 1. The number of rotatable bonds is 5. The van der Waals surface area contributed by atoms with Gasteiger partial charge in [0.2, 0.25) is 0 Å². The summed E-state index contributed by atoms with van der Waals surface area (Å²) in [6, 6.07) is 15.4. The molecule has 4 nitrogen and oxygen atoms in total. The highest BCUT2D eigenvalue weighted by Crippen LogP contribution is 2.41. The smallest absolute Gasteiger partial charge is 0.122 e. The Morgan fingerprint density at radius 3 is 2.42 bits per heavy atom. The molecule has 172 valence electrons. The molecule has 1 saturated heterocycles. The molecule has 0 aliphatic carbocycles. The van der Waals surface area contributed by atoms with Crippen LogP contribution < -0.4 is 5.32 Å². The number of benzene rings is 2. The Morgan fingerprint density at radius 2 is 1.77 bits per heavy atom. The van der Waals surface area contributed by atoms with Crippen LogP contribution in [0.25, 0.3) is 0 Å². The van der Waals surface area contributed by atoms with E-state index in [0.717, 1.165) is 55.6 Å². The fourth-order valence-electron chi connectivity index (χ4n) is 5.06. The Bertz CT molecular complexity index is 826. The van der Waals surface area contributed by atoms with Crippen molar-refractivity contribution >= 4 is 24.8 Å². The molecule has 1 unspecified atom stereocenters. The predicted molar refractivity (Wildman–Crippen MR) is 132 cm³/mol. The number of halogens is 2. The number of aryl methyl sites for hydroxylation is 1. The SMILES string of the molecule is CNC[C@@H]1O[C@H](C2CCN(C(C)c3ccccc3)CC2)Cc2c1ccc(C)c2O.Cl.Cl. The van der Waals surface area contributed by atoms with Gasteiger partial charge in [0, 0.05) is 24.6 Å². The van der Waals surface area contributed by atoms with Gasteiger partial charge < -0.3 is 15.2 Å². The lowest BCUT2D eigenvalue weighted by atomic mass is 9.82. The molecule has 0 saturated carbocycles. The molecule has 2 aromatic carbocycles. The van der Waals surface area contributed by atoms with Crippen molar-refractivity contribution in [2.75, 3.05) is 26.7 Å². The van der Waals surface area contributed by atoms with Crippen molar-refractivity contribution in [3.05, 3.63) is 64.7 Å². The van der Waals surface area contributed by atoms with Crippen LogP contribution in [0.1, 0.15) is 54.2 Å². The van der Waals surface area contributed by atoms with Crippen molar-refractivity contribution < 1.29 is 9.84 Å². The van der Waals surface area contributed by atoms with Crippen molar-refractivity contribution in [3.63, 3.8) is 0 Å². The fraction of sp³-hybridized carbons (Fsp3) is 0.520. The summed E-state index contributed by atoms with van der Waals surface area (Å²) in [6.45, 7) is 7.27. The van der Waals surface area contributed by atoms with E-state index in [1.54, 1.807) is 0 Å². The second-order valence-corrected chi connectivity index (χ2v) is 8.68. The van der Waals surface area contributed by atoms with Gasteiger partial charge in [0.05, 0.1) is 12.2 Å². The molecular weight excluding hydrogens is 431 g/mol. The summed E-state index contributed by atoms with van der Waals surface area (Å²) in [5, 5.41) is 14.0. The number of phenols is 1. The van der Waals surface area contributed by atoms with Crippen LogP contribution in [0.5, 0.6) is 5.75 Å². The molecule has 2 N–H and O–H groups in total. The lowest BCUT2D eigenvalue weighted by Gasteiger charge is -2.42. The first-order valence-electron chi connectivity index (χ1n) is 11.0. The van der Waals surface area contributed by atoms with Crippen LogP contribution in [0.15, 0.2) is 42.5 Å². The maximum atomic E-state index is 10.7. The van der Waals surface area contributed by atoms with Crippen molar-refractivity contribution in [2.24, 2.45) is 5.92 Å². The number of aromatic hydroxyl groups is 1. The predicted octanol–water partition coefficient (Wildman–Crippen LogP) is 5.22. The molecular formula is C25H36Cl2N2O2. The van der Waals surface area contributed by atoms with Gasteiger partial charge in [0.1, 0.15) is 5.75 Å². The van der Waals surface area contributed by atoms with Crippen LogP contribution >= 0.6 is 24.8 Å². The number of nitrogens with one attached hydrogen (secondary N) is 1. The zero-order valence-corrected chi connectivity index (χ0v) is 20.3. The summed E-state index contributed by atoms with van der Waals surface area (Å²) in [5.74, 6) is 1.01. The maximum Gasteiger partial charge on any atom is 0.122 e. The molecule has 2 aliphatic rings. The van der Waals surface area contributed by atoms with Gasteiger partial charge in [-0.05, 0) is 69.4 Å². The zero-order valence-electron chi connectivity index (χ0n) is 18.7. The van der Waals surface area contributed by atoms with E-state index >= 15 is 0 Å². The Labute approximate surface area is 199 Å². The largest absolute Gasteiger partial charge is 0.507 e. The van der Waals surface area contributed by atoms with Crippen LogP contribution in [-0.4, -0.2) is 42.8 Å². The van der Waals surface area contributed by atoms with Gasteiger partial charge in [-0.3, -0.25) is 4.90 Å². The molecule has 0 amide bonds. The summed E-state index contributed by atoms with van der Waals surface area (Å²) in [4.78, 5) is 2.59. The van der Waals surface area contributed by atoms with Gasteiger partial charge in [0.15, 0.2) is 0 Å². The first kappa shape index (κ1) is 26.0. The van der Waals surface area contributed by atoms with Gasteiger partial charge >= 0.3 is 0 Å². The first-order valence-corrected chi connectivity index (χ1v) is 11.0. The van der Waals surface area contributed by atoms with E-state index in [0.29, 0.717) is 17.7 Å². The van der Waals surface area contributed by atoms with Crippen molar-refractivity contribution in [1.29, 1.82) is 0 Å². The zero-order chi connectivity index (χ0) is 20.4. The van der Waals surface area contributed by atoms with Crippen molar-refractivity contribution in [1.82, 2.24) is 10.2 Å². The number of likely N-dealkylation sites (tertiary alicyclic amines) is 1. The second-order valence-electron chi connectivity index (χ2n) is 8.68. The summed E-state index contributed by atoms with van der Waals surface area (Å²) >= 11 is 0. The number of phenolic OH excluding ortho intramolecular Hbond substituents is 1. The van der Waals surface area contributed by atoms with Gasteiger partial charge in [0.25, 0.3) is 0 Å². The first-order chi connectivity index (χ1) is 14.1. The van der Waals surface area contributed by atoms with Crippen LogP contribution in [0.2, 0.25) is 0 Å². The Hall–Kier alpha value is -1.30. The molecule has 0 aromatic heterocycles. The van der Waals surface area contributed by atoms with Crippen LogP contribution in [0, 0.1) is 12.8 Å². The number of nitrogens with zero attached hydrogens (tertiary/aromatic N) is 1. The molecule has 0 radical (unpaired) electrons. The van der Waals surface area contributed by atoms with Crippen LogP contribution in [-0.2, 0) is 11.2 Å². The highest BCUT2D eigenvalue weighted by Gasteiger charge is 2.36. The van der Waals surface area contributed by atoms with Crippen molar-refractivity contribution in [3.8, 4) is 5.75 Å². The Kier molecular flexibility index (Phi) is 9.66. The van der Waals surface area contributed by atoms with E-state index in [2.05, 4.69) is 53.5 Å². The molecule has 6 heteroatoms. The van der Waals surface area contributed by atoms with Crippen molar-refractivity contribution in [2.45, 2.75) is 51.4 Å². The summed E-state index contributed by atoms with van der Waals surface area (Å²) < 4.78 is 6.58. The van der Waals surface area contributed by atoms with Gasteiger partial charge in [-0.2, -0.15) is 0 Å². The Morgan fingerprint density at radius 1 is 1.10 bits per heavy atom. The average Bonchev–Trinajstić information content (AvgIpc) is 2.77. The molecule has 2 aliphatic heterocycles. The van der Waals surface area contributed by atoms with Gasteiger partial charge in [-0.1, -0.05) is 42.5 Å². The van der Waals surface area contributed by atoms with E-state index in [9.17, 15) is 5.11 Å². The molecule has 1 fully saturated rings. The average molecular weight is 467 g/mol. The highest BCUT2D eigenvalue weighted by molar-refractivity contribution is 5.85. The quantitative estimate of drug-likeness (QED) is 0.633.